The molecule has 0 aliphatic carbocycles. The van der Waals surface area contributed by atoms with Crippen molar-refractivity contribution in [3.8, 4) is 11.5 Å². The number of ether oxygens (including phenoxy) is 2. The summed E-state index contributed by atoms with van der Waals surface area (Å²) in [7, 11) is 3.17. The number of nitrogens with one attached hydrogen (secondary N) is 1. The Kier molecular flexibility index (Phi) is 7.64. The molecule has 1 aromatic rings. The smallest absolute Gasteiger partial charge is 0.289 e. The van der Waals surface area contributed by atoms with Crippen molar-refractivity contribution in [3.63, 3.8) is 0 Å². The van der Waals surface area contributed by atoms with Crippen LogP contribution in [0.25, 0.3) is 0 Å². The molecule has 0 bridgehead atoms. The molecule has 2 amide bonds. The van der Waals surface area contributed by atoms with Crippen LogP contribution in [0.15, 0.2) is 18.2 Å². The SMILES string of the molecule is COc1ccc(CNC(=O)CC[C@@H]2CCCN(C(=O)C(C)=O)C2)c(OC)c1. The molecule has 1 saturated heterocycles. The van der Waals surface area contributed by atoms with E-state index < -0.39 is 11.7 Å². The number of hydrogen-bond acceptors (Lipinski definition) is 5. The molecule has 1 N–H and O–H groups in total. The Morgan fingerprint density at radius 3 is 2.67 bits per heavy atom. The van der Waals surface area contributed by atoms with Crippen LogP contribution in [-0.2, 0) is 20.9 Å². The van der Waals surface area contributed by atoms with E-state index in [9.17, 15) is 14.4 Å². The maximum atomic E-state index is 12.2. The Morgan fingerprint density at radius 2 is 2.00 bits per heavy atom. The molecule has 1 aliphatic rings. The summed E-state index contributed by atoms with van der Waals surface area (Å²) in [4.78, 5) is 36.9. The van der Waals surface area contributed by atoms with E-state index in [4.69, 9.17) is 9.47 Å². The van der Waals surface area contributed by atoms with Gasteiger partial charge >= 0.3 is 0 Å². The first-order valence-electron chi connectivity index (χ1n) is 9.22. The van der Waals surface area contributed by atoms with E-state index in [0.29, 0.717) is 44.0 Å². The molecule has 2 rings (SSSR count). The molecule has 0 saturated carbocycles. The third-order valence-electron chi connectivity index (χ3n) is 4.86. The molecule has 1 aromatic carbocycles. The maximum Gasteiger partial charge on any atom is 0.289 e. The third kappa shape index (κ3) is 5.98. The number of likely N-dealkylation sites (tertiary alicyclic amines) is 1. The molecule has 0 spiro atoms. The van der Waals surface area contributed by atoms with Crippen molar-refractivity contribution in [1.29, 1.82) is 0 Å². The van der Waals surface area contributed by atoms with Gasteiger partial charge in [-0.3, -0.25) is 14.4 Å². The molecule has 1 heterocycles. The number of benzene rings is 1. The van der Waals surface area contributed by atoms with Gasteiger partial charge in [0.2, 0.25) is 11.7 Å². The Labute approximate surface area is 160 Å². The Bertz CT molecular complexity index is 689. The summed E-state index contributed by atoms with van der Waals surface area (Å²) in [5, 5.41) is 2.91. The van der Waals surface area contributed by atoms with Crippen LogP contribution < -0.4 is 14.8 Å². The summed E-state index contributed by atoms with van der Waals surface area (Å²) >= 11 is 0. The number of methoxy groups -OCH3 is 2. The number of hydrogen-bond donors (Lipinski definition) is 1. The fourth-order valence-electron chi connectivity index (χ4n) is 3.32. The second kappa shape index (κ2) is 9.94. The van der Waals surface area contributed by atoms with E-state index in [2.05, 4.69) is 5.32 Å². The summed E-state index contributed by atoms with van der Waals surface area (Å²) in [5.41, 5.74) is 0.877. The van der Waals surface area contributed by atoms with Gasteiger partial charge in [0.05, 0.1) is 14.2 Å². The van der Waals surface area contributed by atoms with Crippen molar-refractivity contribution >= 4 is 17.6 Å². The van der Waals surface area contributed by atoms with E-state index in [1.54, 1.807) is 25.2 Å². The molecule has 0 radical (unpaired) electrons. The number of carbonyl (C=O) groups excluding carboxylic acids is 3. The monoisotopic (exact) mass is 376 g/mol. The van der Waals surface area contributed by atoms with Crippen LogP contribution in [0.1, 0.15) is 38.2 Å². The van der Waals surface area contributed by atoms with E-state index in [1.165, 1.54) is 6.92 Å². The molecule has 148 valence electrons. The van der Waals surface area contributed by atoms with Crippen molar-refractivity contribution in [2.75, 3.05) is 27.3 Å². The maximum absolute atomic E-state index is 12.2. The summed E-state index contributed by atoms with van der Waals surface area (Å²) in [6, 6.07) is 5.47. The minimum absolute atomic E-state index is 0.0390. The molecule has 1 aliphatic heterocycles. The van der Waals surface area contributed by atoms with Crippen LogP contribution >= 0.6 is 0 Å². The predicted octanol–water partition coefficient (Wildman–Crippen LogP) is 1.93. The molecular weight excluding hydrogens is 348 g/mol. The van der Waals surface area contributed by atoms with Gasteiger partial charge in [-0.2, -0.15) is 0 Å². The van der Waals surface area contributed by atoms with Gasteiger partial charge in [-0.15, -0.1) is 0 Å². The van der Waals surface area contributed by atoms with E-state index in [1.807, 2.05) is 12.1 Å². The van der Waals surface area contributed by atoms with Gasteiger partial charge < -0.3 is 19.7 Å². The molecule has 7 nitrogen and oxygen atoms in total. The highest BCUT2D eigenvalue weighted by Crippen LogP contribution is 2.25. The second-order valence-corrected chi connectivity index (χ2v) is 6.81. The van der Waals surface area contributed by atoms with Gasteiger partial charge in [-0.05, 0) is 37.3 Å². The lowest BCUT2D eigenvalue weighted by Crippen LogP contribution is -2.42. The highest BCUT2D eigenvalue weighted by atomic mass is 16.5. The zero-order valence-corrected chi connectivity index (χ0v) is 16.2. The summed E-state index contributed by atoms with van der Waals surface area (Å²) in [6.45, 7) is 2.86. The lowest BCUT2D eigenvalue weighted by molar-refractivity contribution is -0.144. The van der Waals surface area contributed by atoms with Gasteiger partial charge in [-0.1, -0.05) is 0 Å². The van der Waals surface area contributed by atoms with E-state index in [-0.39, 0.29) is 11.8 Å². The average Bonchev–Trinajstić information content (AvgIpc) is 2.70. The first-order chi connectivity index (χ1) is 12.9. The molecule has 0 unspecified atom stereocenters. The number of piperidine rings is 1. The van der Waals surface area contributed by atoms with Crippen molar-refractivity contribution in [1.82, 2.24) is 10.2 Å². The zero-order valence-electron chi connectivity index (χ0n) is 16.2. The van der Waals surface area contributed by atoms with Crippen molar-refractivity contribution in [2.45, 2.75) is 39.2 Å². The van der Waals surface area contributed by atoms with Crippen LogP contribution in [-0.4, -0.2) is 49.8 Å². The number of carbonyl (C=O) groups is 3. The van der Waals surface area contributed by atoms with Gasteiger partial charge in [0.1, 0.15) is 11.5 Å². The number of nitrogens with zero attached hydrogens (tertiary/aromatic N) is 1. The van der Waals surface area contributed by atoms with Gasteiger partial charge in [0.15, 0.2) is 0 Å². The highest BCUT2D eigenvalue weighted by molar-refractivity contribution is 6.35. The van der Waals surface area contributed by atoms with Gasteiger partial charge in [0, 0.05) is 44.6 Å². The van der Waals surface area contributed by atoms with Gasteiger partial charge in [0.25, 0.3) is 5.91 Å². The fourth-order valence-corrected chi connectivity index (χ4v) is 3.32. The number of ketones is 1. The first-order valence-corrected chi connectivity index (χ1v) is 9.22. The van der Waals surface area contributed by atoms with Crippen LogP contribution in [0.2, 0.25) is 0 Å². The quantitative estimate of drug-likeness (QED) is 0.701. The lowest BCUT2D eigenvalue weighted by atomic mass is 9.93. The zero-order chi connectivity index (χ0) is 19.8. The number of amides is 2. The Morgan fingerprint density at radius 1 is 1.22 bits per heavy atom. The largest absolute Gasteiger partial charge is 0.497 e. The standard InChI is InChI=1S/C20H28N2O5/c1-14(23)20(25)22-10-4-5-15(13-22)6-9-19(24)21-12-16-7-8-17(26-2)11-18(16)27-3/h7-8,11,15H,4-6,9-10,12-13H2,1-3H3,(H,21,24)/t15-/m0/s1. The van der Waals surface area contributed by atoms with Crippen molar-refractivity contribution in [3.05, 3.63) is 23.8 Å². The van der Waals surface area contributed by atoms with Crippen LogP contribution in [0.5, 0.6) is 11.5 Å². The molecule has 7 heteroatoms. The first kappa shape index (κ1) is 20.7. The molecule has 0 aromatic heterocycles. The van der Waals surface area contributed by atoms with Gasteiger partial charge in [-0.25, -0.2) is 0 Å². The normalized spacial score (nSPS) is 16.6. The number of Topliss-reactive ketones (excluding diaryl/α,β-unsaturated/α-hetero) is 1. The predicted molar refractivity (Wildman–Crippen MR) is 101 cm³/mol. The fraction of sp³-hybridized carbons (Fsp3) is 0.550. The summed E-state index contributed by atoms with van der Waals surface area (Å²) in [5.74, 6) is 0.730. The number of rotatable bonds is 8. The minimum Gasteiger partial charge on any atom is -0.497 e. The molecule has 1 atom stereocenters. The molecular formula is C20H28N2O5. The lowest BCUT2D eigenvalue weighted by Gasteiger charge is -2.32. The van der Waals surface area contributed by atoms with Crippen molar-refractivity contribution < 1.29 is 23.9 Å². The van der Waals surface area contributed by atoms with Crippen LogP contribution in [0.3, 0.4) is 0 Å². The van der Waals surface area contributed by atoms with Crippen molar-refractivity contribution in [2.24, 2.45) is 5.92 Å². The minimum atomic E-state index is -0.429. The molecule has 27 heavy (non-hydrogen) atoms. The third-order valence-corrected chi connectivity index (χ3v) is 4.86. The van der Waals surface area contributed by atoms with E-state index in [0.717, 1.165) is 18.4 Å². The van der Waals surface area contributed by atoms with Crippen LogP contribution in [0, 0.1) is 5.92 Å². The van der Waals surface area contributed by atoms with Crippen LogP contribution in [0.4, 0.5) is 0 Å². The highest BCUT2D eigenvalue weighted by Gasteiger charge is 2.26. The Hall–Kier alpha value is -2.57. The Balaban J connectivity index is 1.79. The second-order valence-electron chi connectivity index (χ2n) is 6.81. The summed E-state index contributed by atoms with van der Waals surface area (Å²) in [6.07, 6.45) is 2.94. The van der Waals surface area contributed by atoms with E-state index >= 15 is 0 Å². The topological polar surface area (TPSA) is 84.9 Å². The molecule has 1 fully saturated rings. The summed E-state index contributed by atoms with van der Waals surface area (Å²) < 4.78 is 10.5. The average molecular weight is 376 g/mol.